The van der Waals surface area contributed by atoms with Gasteiger partial charge < -0.3 is 20.4 Å². The fourth-order valence-corrected chi connectivity index (χ4v) is 2.27. The Kier molecular flexibility index (Phi) is 2.73. The van der Waals surface area contributed by atoms with Crippen LogP contribution in [0.2, 0.25) is 0 Å². The molecule has 0 radical (unpaired) electrons. The normalized spacial score (nSPS) is 13.3. The second-order valence-electron chi connectivity index (χ2n) is 4.37. The van der Waals surface area contributed by atoms with Gasteiger partial charge >= 0.3 is 0 Å². The number of aromatic amines is 2. The van der Waals surface area contributed by atoms with Gasteiger partial charge in [-0.15, -0.1) is 0 Å². The predicted octanol–water partition coefficient (Wildman–Crippen LogP) is -2.45. The van der Waals surface area contributed by atoms with Crippen LogP contribution in [0.1, 0.15) is 0 Å². The monoisotopic (exact) mass is 302 g/mol. The molecule has 3 aromatic rings. The molecule has 10 nitrogen and oxygen atoms in total. The van der Waals surface area contributed by atoms with Crippen molar-refractivity contribution in [1.29, 1.82) is 0 Å². The number of benzene rings is 1. The van der Waals surface area contributed by atoms with Gasteiger partial charge in [-0.1, -0.05) is 10.3 Å². The van der Waals surface area contributed by atoms with Crippen LogP contribution >= 0.6 is 0 Å². The molecular weight excluding hydrogens is 296 g/mol. The van der Waals surface area contributed by atoms with Crippen LogP contribution in [0.15, 0.2) is 41.6 Å². The van der Waals surface area contributed by atoms with E-state index in [2.05, 4.69) is 20.3 Å². The maximum absolute atomic E-state index is 12.2. The summed E-state index contributed by atoms with van der Waals surface area (Å²) in [4.78, 5) is 52.2. The molecule has 0 unspecified atom stereocenters. The van der Waals surface area contributed by atoms with Crippen LogP contribution in [0, 0.1) is 0 Å². The molecule has 2 heterocycles. The summed E-state index contributed by atoms with van der Waals surface area (Å²) in [7, 11) is 0. The van der Waals surface area contributed by atoms with Crippen molar-refractivity contribution >= 4 is 21.8 Å². The molecular formula is C12H6N4O6. The van der Waals surface area contributed by atoms with E-state index in [1.807, 2.05) is 0 Å². The lowest BCUT2D eigenvalue weighted by Crippen LogP contribution is -2.43. The molecule has 0 spiro atoms. The van der Waals surface area contributed by atoms with Gasteiger partial charge in [0.1, 0.15) is 0 Å². The Balaban J connectivity index is 2.87. The number of nitrogens with zero attached hydrogens (tertiary/aromatic N) is 2. The molecule has 0 amide bonds. The van der Waals surface area contributed by atoms with Gasteiger partial charge in [-0.25, -0.2) is 0 Å². The number of rotatable bonds is 0. The van der Waals surface area contributed by atoms with Crippen LogP contribution in [0.4, 0.5) is 0 Å². The molecule has 0 aliphatic rings. The van der Waals surface area contributed by atoms with Crippen LogP contribution in [0.25, 0.3) is 21.8 Å². The minimum atomic E-state index is -0.986. The molecule has 22 heavy (non-hydrogen) atoms. The lowest BCUT2D eigenvalue weighted by Gasteiger charge is -2.01. The number of nitrogens with one attached hydrogen (secondary N) is 2. The maximum Gasteiger partial charge on any atom is 0.281 e. The fourth-order valence-electron chi connectivity index (χ4n) is 2.27. The number of H-pyrrole nitrogens is 2. The van der Waals surface area contributed by atoms with E-state index in [9.17, 15) is 19.2 Å². The van der Waals surface area contributed by atoms with Gasteiger partial charge in [0.15, 0.2) is 0 Å². The molecule has 4 N–H and O–H groups in total. The van der Waals surface area contributed by atoms with Gasteiger partial charge in [0.05, 0.1) is 21.8 Å². The van der Waals surface area contributed by atoms with Crippen molar-refractivity contribution in [3.63, 3.8) is 0 Å². The van der Waals surface area contributed by atoms with Gasteiger partial charge in [0, 0.05) is 0 Å². The molecule has 0 saturated heterocycles. The van der Waals surface area contributed by atoms with Gasteiger partial charge in [0.2, 0.25) is 21.6 Å². The molecule has 1 aromatic carbocycles. The van der Waals surface area contributed by atoms with E-state index >= 15 is 0 Å². The highest BCUT2D eigenvalue weighted by molar-refractivity contribution is 6.04. The summed E-state index contributed by atoms with van der Waals surface area (Å²) in [6, 6.07) is 2.62. The summed E-state index contributed by atoms with van der Waals surface area (Å²) in [6.07, 6.45) is 0. The quantitative estimate of drug-likeness (QED) is 0.204. The van der Waals surface area contributed by atoms with E-state index in [1.54, 1.807) is 0 Å². The van der Waals surface area contributed by atoms with Gasteiger partial charge in [-0.05, 0) is 12.1 Å². The lowest BCUT2D eigenvalue weighted by molar-refractivity contribution is 0.300. The Bertz CT molecular complexity index is 1170. The number of hydrogen-bond donors (Lipinski definition) is 4. The van der Waals surface area contributed by atoms with E-state index < -0.39 is 32.7 Å². The van der Waals surface area contributed by atoms with Crippen molar-refractivity contribution in [3.05, 3.63) is 64.0 Å². The van der Waals surface area contributed by atoms with Crippen LogP contribution < -0.4 is 32.7 Å². The van der Waals surface area contributed by atoms with Gasteiger partial charge in [-0.2, -0.15) is 0 Å². The van der Waals surface area contributed by atoms with Crippen LogP contribution in [-0.2, 0) is 0 Å². The molecule has 0 aliphatic heterocycles. The largest absolute Gasteiger partial charge is 0.410 e. The van der Waals surface area contributed by atoms with E-state index in [-0.39, 0.29) is 21.8 Å². The predicted molar refractivity (Wildman–Crippen MR) is 72.3 cm³/mol. The Labute approximate surface area is 117 Å². The third-order valence-corrected chi connectivity index (χ3v) is 3.22. The number of fused-ring (bicyclic) bond motifs is 3. The highest BCUT2D eigenvalue weighted by atomic mass is 16.4. The molecule has 2 aromatic heterocycles. The number of pyridine rings is 2. The van der Waals surface area contributed by atoms with Crippen molar-refractivity contribution in [2.24, 2.45) is 10.3 Å². The Morgan fingerprint density at radius 3 is 1.41 bits per heavy atom. The molecule has 110 valence electrons. The van der Waals surface area contributed by atoms with Crippen molar-refractivity contribution in [2.75, 3.05) is 0 Å². The standard InChI is InChI=1S/C12H6N4O6/c17-9-5-3(13-11(19)7(9)15-21)1-2-4-6(5)10(18)8(16-22)12(20)14-4/h1-2,21-22H,(H,13,19)(H,14,20)/b15-7+,16-8+. The minimum absolute atomic E-state index is 0.0166. The smallest absolute Gasteiger partial charge is 0.281 e. The fraction of sp³-hybridized carbons (Fsp3) is 0. The molecule has 0 atom stereocenters. The molecule has 10 heteroatoms. The van der Waals surface area contributed by atoms with Gasteiger partial charge in [0.25, 0.3) is 11.1 Å². The highest BCUT2D eigenvalue weighted by Gasteiger charge is 2.14. The molecule has 3 rings (SSSR count). The molecule has 0 fully saturated rings. The van der Waals surface area contributed by atoms with E-state index in [0.717, 1.165) is 0 Å². The summed E-state index contributed by atoms with van der Waals surface area (Å²) >= 11 is 0. The first-order valence-electron chi connectivity index (χ1n) is 5.82. The zero-order valence-electron chi connectivity index (χ0n) is 10.6. The Hall–Kier alpha value is -3.56. The van der Waals surface area contributed by atoms with Crippen LogP contribution in [0.5, 0.6) is 0 Å². The molecule has 0 bridgehead atoms. The summed E-state index contributed by atoms with van der Waals surface area (Å²) in [5, 5.41) is 20.6. The van der Waals surface area contributed by atoms with E-state index in [4.69, 9.17) is 10.4 Å². The summed E-state index contributed by atoms with van der Waals surface area (Å²) < 4.78 is 0. The maximum atomic E-state index is 12.2. The second kappa shape index (κ2) is 4.48. The zero-order valence-corrected chi connectivity index (χ0v) is 10.6. The summed E-state index contributed by atoms with van der Waals surface area (Å²) in [6.45, 7) is 0. The number of aromatic nitrogens is 2. The van der Waals surface area contributed by atoms with Crippen molar-refractivity contribution in [2.45, 2.75) is 0 Å². The molecule has 0 aliphatic carbocycles. The average molecular weight is 302 g/mol. The van der Waals surface area contributed by atoms with E-state index in [1.165, 1.54) is 12.1 Å². The third-order valence-electron chi connectivity index (χ3n) is 3.22. The summed E-state index contributed by atoms with van der Waals surface area (Å²) in [5.41, 5.74) is -3.79. The second-order valence-corrected chi connectivity index (χ2v) is 4.37. The van der Waals surface area contributed by atoms with Crippen LogP contribution in [0.3, 0.4) is 0 Å². The molecule has 0 saturated carbocycles. The average Bonchev–Trinajstić information content (AvgIpc) is 2.47. The first kappa shape index (κ1) is 13.4. The van der Waals surface area contributed by atoms with Crippen molar-refractivity contribution < 1.29 is 10.4 Å². The highest BCUT2D eigenvalue weighted by Crippen LogP contribution is 2.13. The van der Waals surface area contributed by atoms with Crippen LogP contribution in [-0.4, -0.2) is 20.4 Å². The summed E-state index contributed by atoms with van der Waals surface area (Å²) in [5.74, 6) is 0. The topological polar surface area (TPSA) is 165 Å². The van der Waals surface area contributed by atoms with Gasteiger partial charge in [-0.3, -0.25) is 19.2 Å². The first-order chi connectivity index (χ1) is 10.5. The SMILES string of the molecule is O=c1[nH]c2ccc3[nH]c(=O)/c(=N/O)c(=O)c3c2c(=O)/c1=N\O. The Morgan fingerprint density at radius 2 is 1.09 bits per heavy atom. The minimum Gasteiger partial charge on any atom is -0.410 e. The zero-order chi connectivity index (χ0) is 16.0. The van der Waals surface area contributed by atoms with E-state index in [0.29, 0.717) is 0 Å². The first-order valence-corrected chi connectivity index (χ1v) is 5.82. The Morgan fingerprint density at radius 1 is 0.727 bits per heavy atom. The van der Waals surface area contributed by atoms with Crippen molar-refractivity contribution in [3.8, 4) is 0 Å². The lowest BCUT2D eigenvalue weighted by atomic mass is 10.1. The van der Waals surface area contributed by atoms with Crippen molar-refractivity contribution in [1.82, 2.24) is 9.97 Å². The third kappa shape index (κ3) is 1.60. The number of hydrogen-bond acceptors (Lipinski definition) is 8.